The molecule has 156 valence electrons. The van der Waals surface area contributed by atoms with Gasteiger partial charge in [-0.15, -0.1) is 0 Å². The van der Waals surface area contributed by atoms with Crippen LogP contribution in [0.3, 0.4) is 0 Å². The summed E-state index contributed by atoms with van der Waals surface area (Å²) in [7, 11) is 1.82. The molecule has 0 aliphatic heterocycles. The Morgan fingerprint density at radius 1 is 1.30 bits per heavy atom. The molecule has 1 aromatic heterocycles. The Bertz CT molecular complexity index is 999. The van der Waals surface area contributed by atoms with Crippen molar-refractivity contribution in [2.45, 2.75) is 25.8 Å². The third-order valence-electron chi connectivity index (χ3n) is 4.37. The van der Waals surface area contributed by atoms with Crippen molar-refractivity contribution in [3.05, 3.63) is 53.9 Å². The fourth-order valence-corrected chi connectivity index (χ4v) is 2.68. The van der Waals surface area contributed by atoms with E-state index in [-0.39, 0.29) is 23.6 Å². The molecule has 1 aliphatic carbocycles. The van der Waals surface area contributed by atoms with Crippen LogP contribution in [0.2, 0.25) is 0 Å². The Morgan fingerprint density at radius 2 is 2.03 bits per heavy atom. The molecule has 2 amide bonds. The van der Waals surface area contributed by atoms with Crippen LogP contribution in [0, 0.1) is 0 Å². The summed E-state index contributed by atoms with van der Waals surface area (Å²) in [5.41, 5.74) is 2.28. The number of aromatic nitrogens is 2. The zero-order valence-electron chi connectivity index (χ0n) is 17.0. The SMILES string of the molecule is CCNC(=O)c1ccc(N=C(/C=C/c2cnn(C)c2)C(=NN)C(=O)NC2CC2)cc1. The summed E-state index contributed by atoms with van der Waals surface area (Å²) >= 11 is 0. The first-order chi connectivity index (χ1) is 14.5. The lowest BCUT2D eigenvalue weighted by Gasteiger charge is -2.07. The Morgan fingerprint density at radius 3 is 2.60 bits per heavy atom. The number of hydrogen-bond donors (Lipinski definition) is 3. The van der Waals surface area contributed by atoms with Gasteiger partial charge in [-0.3, -0.25) is 14.3 Å². The number of hydrogen-bond acceptors (Lipinski definition) is 6. The number of amides is 2. The lowest BCUT2D eigenvalue weighted by molar-refractivity contribution is -0.114. The Kier molecular flexibility index (Phi) is 6.74. The second-order valence-electron chi connectivity index (χ2n) is 6.91. The quantitative estimate of drug-likeness (QED) is 0.348. The molecule has 9 nitrogen and oxygen atoms in total. The molecule has 0 spiro atoms. The molecule has 2 aromatic rings. The molecule has 1 fully saturated rings. The molecule has 1 aliphatic rings. The Balaban J connectivity index is 1.89. The fourth-order valence-electron chi connectivity index (χ4n) is 2.68. The van der Waals surface area contributed by atoms with E-state index in [1.54, 1.807) is 47.3 Å². The Hall–Kier alpha value is -3.75. The monoisotopic (exact) mass is 407 g/mol. The normalized spacial score (nSPS) is 14.7. The number of nitrogens with one attached hydrogen (secondary N) is 2. The summed E-state index contributed by atoms with van der Waals surface area (Å²) in [5.74, 6) is 5.02. The average Bonchev–Trinajstić information content (AvgIpc) is 3.45. The van der Waals surface area contributed by atoms with Crippen LogP contribution in [-0.2, 0) is 11.8 Å². The van der Waals surface area contributed by atoms with Gasteiger partial charge in [0.25, 0.3) is 11.8 Å². The van der Waals surface area contributed by atoms with E-state index in [0.29, 0.717) is 23.5 Å². The molecule has 30 heavy (non-hydrogen) atoms. The highest BCUT2D eigenvalue weighted by atomic mass is 16.2. The topological polar surface area (TPSA) is 127 Å². The van der Waals surface area contributed by atoms with Gasteiger partial charge in [-0.05, 0) is 56.2 Å². The van der Waals surface area contributed by atoms with Gasteiger partial charge in [-0.2, -0.15) is 10.2 Å². The third-order valence-corrected chi connectivity index (χ3v) is 4.37. The summed E-state index contributed by atoms with van der Waals surface area (Å²) in [5, 5.41) is 13.4. The molecule has 1 saturated carbocycles. The fraction of sp³-hybridized carbons (Fsp3) is 0.286. The van der Waals surface area contributed by atoms with E-state index in [4.69, 9.17) is 5.84 Å². The number of carbonyl (C=O) groups is 2. The van der Waals surface area contributed by atoms with Crippen molar-refractivity contribution in [1.29, 1.82) is 0 Å². The number of hydrazone groups is 1. The maximum absolute atomic E-state index is 12.6. The summed E-state index contributed by atoms with van der Waals surface area (Å²) in [4.78, 5) is 29.1. The number of carbonyl (C=O) groups excluding carboxylic acids is 2. The highest BCUT2D eigenvalue weighted by molar-refractivity contribution is 6.69. The van der Waals surface area contributed by atoms with Gasteiger partial charge in [-0.1, -0.05) is 0 Å². The maximum Gasteiger partial charge on any atom is 0.274 e. The van der Waals surface area contributed by atoms with Crippen molar-refractivity contribution in [1.82, 2.24) is 20.4 Å². The lowest BCUT2D eigenvalue weighted by atomic mass is 10.1. The minimum atomic E-state index is -0.367. The molecule has 0 radical (unpaired) electrons. The smallest absolute Gasteiger partial charge is 0.274 e. The van der Waals surface area contributed by atoms with E-state index in [1.165, 1.54) is 0 Å². The number of benzene rings is 1. The van der Waals surface area contributed by atoms with E-state index in [2.05, 4.69) is 25.8 Å². The van der Waals surface area contributed by atoms with E-state index >= 15 is 0 Å². The van der Waals surface area contributed by atoms with Gasteiger partial charge in [0.15, 0.2) is 5.71 Å². The van der Waals surface area contributed by atoms with Gasteiger partial charge in [0, 0.05) is 37.0 Å². The van der Waals surface area contributed by atoms with Gasteiger partial charge < -0.3 is 16.5 Å². The van der Waals surface area contributed by atoms with Gasteiger partial charge in [0.2, 0.25) is 0 Å². The van der Waals surface area contributed by atoms with Crippen molar-refractivity contribution in [3.8, 4) is 0 Å². The minimum absolute atomic E-state index is 0.0369. The molecule has 1 aromatic carbocycles. The van der Waals surface area contributed by atoms with Crippen LogP contribution in [-0.4, -0.2) is 45.6 Å². The number of nitrogens with two attached hydrogens (primary N) is 1. The van der Waals surface area contributed by atoms with Gasteiger partial charge in [-0.25, -0.2) is 4.99 Å². The highest BCUT2D eigenvalue weighted by Gasteiger charge is 2.27. The lowest BCUT2D eigenvalue weighted by Crippen LogP contribution is -2.37. The summed E-state index contributed by atoms with van der Waals surface area (Å²) in [6.45, 7) is 2.41. The number of aliphatic imine (C=N–C) groups is 1. The molecule has 4 N–H and O–H groups in total. The van der Waals surface area contributed by atoms with E-state index < -0.39 is 0 Å². The van der Waals surface area contributed by atoms with E-state index in [1.807, 2.05) is 20.2 Å². The Labute approximate surface area is 174 Å². The van der Waals surface area contributed by atoms with Crippen LogP contribution in [0.4, 0.5) is 5.69 Å². The van der Waals surface area contributed by atoms with Crippen LogP contribution < -0.4 is 16.5 Å². The average molecular weight is 407 g/mol. The van der Waals surface area contributed by atoms with Crippen LogP contribution in [0.25, 0.3) is 6.08 Å². The first kappa shape index (κ1) is 21.0. The maximum atomic E-state index is 12.6. The molecule has 0 saturated heterocycles. The van der Waals surface area contributed by atoms with Gasteiger partial charge in [0.05, 0.1) is 17.6 Å². The highest BCUT2D eigenvalue weighted by Crippen LogP contribution is 2.19. The van der Waals surface area contributed by atoms with Crippen molar-refractivity contribution in [2.75, 3.05) is 6.54 Å². The third kappa shape index (κ3) is 5.63. The van der Waals surface area contributed by atoms with Crippen LogP contribution in [0.1, 0.15) is 35.7 Å². The van der Waals surface area contributed by atoms with Gasteiger partial charge in [0.1, 0.15) is 0 Å². The number of nitrogens with zero attached hydrogens (tertiary/aromatic N) is 4. The number of rotatable bonds is 8. The summed E-state index contributed by atoms with van der Waals surface area (Å²) in [6, 6.07) is 6.92. The number of allylic oxidation sites excluding steroid dienone is 1. The predicted molar refractivity (Wildman–Crippen MR) is 117 cm³/mol. The zero-order valence-corrected chi connectivity index (χ0v) is 17.0. The van der Waals surface area contributed by atoms with Crippen LogP contribution in [0.5, 0.6) is 0 Å². The second kappa shape index (κ2) is 9.64. The molecular formula is C21H25N7O2. The standard InChI is InChI=1S/C21H25N7O2/c1-3-23-20(29)15-5-7-16(8-6-15)25-18(11-4-14-12-24-28(2)13-14)19(27-22)21(30)26-17-9-10-17/h4-8,11-13,17H,3,9-10,22H2,1-2H3,(H,23,29)(H,26,30)/b11-4+,25-18?,27-19?. The molecule has 1 heterocycles. The summed E-state index contributed by atoms with van der Waals surface area (Å²) < 4.78 is 1.67. The second-order valence-corrected chi connectivity index (χ2v) is 6.91. The molecule has 9 heteroatoms. The largest absolute Gasteiger partial charge is 0.352 e. The first-order valence-electron chi connectivity index (χ1n) is 9.73. The van der Waals surface area contributed by atoms with Gasteiger partial charge >= 0.3 is 0 Å². The summed E-state index contributed by atoms with van der Waals surface area (Å²) in [6.07, 6.45) is 8.88. The molecule has 3 rings (SSSR count). The first-order valence-corrected chi connectivity index (χ1v) is 9.73. The van der Waals surface area contributed by atoms with Crippen molar-refractivity contribution < 1.29 is 9.59 Å². The zero-order chi connectivity index (χ0) is 21.5. The predicted octanol–water partition coefficient (Wildman–Crippen LogP) is 1.55. The van der Waals surface area contributed by atoms with Crippen molar-refractivity contribution in [2.24, 2.45) is 23.0 Å². The van der Waals surface area contributed by atoms with Crippen LogP contribution in [0.15, 0.2) is 52.8 Å². The molecular weight excluding hydrogens is 382 g/mol. The number of aryl methyl sites for hydroxylation is 1. The van der Waals surface area contributed by atoms with Crippen molar-refractivity contribution in [3.63, 3.8) is 0 Å². The molecule has 0 unspecified atom stereocenters. The van der Waals surface area contributed by atoms with E-state index in [9.17, 15) is 9.59 Å². The molecule has 0 bridgehead atoms. The minimum Gasteiger partial charge on any atom is -0.352 e. The van der Waals surface area contributed by atoms with Crippen LogP contribution >= 0.6 is 0 Å². The van der Waals surface area contributed by atoms with E-state index in [0.717, 1.165) is 18.4 Å². The van der Waals surface area contributed by atoms with Crippen molar-refractivity contribution >= 4 is 35.0 Å². The molecule has 0 atom stereocenters.